The van der Waals surface area contributed by atoms with Gasteiger partial charge in [-0.15, -0.1) is 0 Å². The van der Waals surface area contributed by atoms with Gasteiger partial charge < -0.3 is 14.4 Å². The van der Waals surface area contributed by atoms with Crippen LogP contribution in [-0.4, -0.2) is 40.7 Å². The molecule has 2 rings (SSSR count). The number of alkyl halides is 1. The van der Waals surface area contributed by atoms with Crippen molar-refractivity contribution in [2.45, 2.75) is 64.6 Å². The Bertz CT molecular complexity index is 420. The van der Waals surface area contributed by atoms with Gasteiger partial charge in [0.05, 0.1) is 5.92 Å². The van der Waals surface area contributed by atoms with Crippen molar-refractivity contribution in [3.63, 3.8) is 0 Å². The summed E-state index contributed by atoms with van der Waals surface area (Å²) in [6, 6.07) is -0.00641. The van der Waals surface area contributed by atoms with Crippen LogP contribution in [0.3, 0.4) is 0 Å². The zero-order chi connectivity index (χ0) is 15.8. The Morgan fingerprint density at radius 1 is 1.29 bits per heavy atom. The highest BCUT2D eigenvalue weighted by Gasteiger charge is 2.51. The van der Waals surface area contributed by atoms with E-state index in [0.29, 0.717) is 6.42 Å². The molecule has 2 aliphatic rings. The summed E-state index contributed by atoms with van der Waals surface area (Å²) in [6.45, 7) is 7.59. The van der Waals surface area contributed by atoms with Crippen molar-refractivity contribution in [3.8, 4) is 0 Å². The van der Waals surface area contributed by atoms with Crippen LogP contribution in [0.4, 0.5) is 4.79 Å². The predicted molar refractivity (Wildman–Crippen MR) is 79.0 cm³/mol. The lowest BCUT2D eigenvalue weighted by Crippen LogP contribution is -2.53. The second-order valence-corrected chi connectivity index (χ2v) is 7.18. The van der Waals surface area contributed by atoms with Crippen LogP contribution >= 0.6 is 11.6 Å². The van der Waals surface area contributed by atoms with E-state index in [9.17, 15) is 9.59 Å². The maximum atomic E-state index is 12.4. The van der Waals surface area contributed by atoms with Gasteiger partial charge in [0.1, 0.15) is 5.60 Å². The molecule has 0 aromatic carbocycles. The van der Waals surface area contributed by atoms with Crippen molar-refractivity contribution in [2.24, 2.45) is 11.8 Å². The van der Waals surface area contributed by atoms with Crippen molar-refractivity contribution in [1.82, 2.24) is 4.90 Å². The molecule has 2 bridgehead atoms. The van der Waals surface area contributed by atoms with Gasteiger partial charge in [0.15, 0.2) is 6.07 Å². The largest absolute Gasteiger partial charge is 0.449 e. The number of hydrogen-bond acceptors (Lipinski definition) is 4. The third kappa shape index (κ3) is 3.44. The van der Waals surface area contributed by atoms with E-state index in [-0.39, 0.29) is 42.0 Å². The first kappa shape index (κ1) is 16.4. The summed E-state index contributed by atoms with van der Waals surface area (Å²) in [6.07, 6.45) is 2.19. The summed E-state index contributed by atoms with van der Waals surface area (Å²) < 4.78 is 10.4. The normalized spacial score (nSPS) is 32.0. The number of halogens is 1. The highest BCUT2D eigenvalue weighted by Crippen LogP contribution is 2.43. The van der Waals surface area contributed by atoms with Crippen LogP contribution in [0.25, 0.3) is 0 Å². The molecule has 4 atom stereocenters. The fourth-order valence-electron chi connectivity index (χ4n) is 3.51. The van der Waals surface area contributed by atoms with Gasteiger partial charge in [-0.25, -0.2) is 4.79 Å². The average Bonchev–Trinajstić information content (AvgIpc) is 2.69. The van der Waals surface area contributed by atoms with E-state index < -0.39 is 5.60 Å². The number of fused-ring (bicyclic) bond motifs is 2. The first-order valence-corrected chi connectivity index (χ1v) is 8.02. The van der Waals surface area contributed by atoms with Crippen molar-refractivity contribution in [1.29, 1.82) is 0 Å². The molecular formula is C15H24ClNO4. The molecule has 0 aromatic rings. The van der Waals surface area contributed by atoms with Gasteiger partial charge in [0.2, 0.25) is 0 Å². The van der Waals surface area contributed by atoms with Gasteiger partial charge in [-0.05, 0) is 46.0 Å². The number of hydrogen-bond donors (Lipinski definition) is 0. The maximum Gasteiger partial charge on any atom is 0.410 e. The Hall–Kier alpha value is -0.970. The lowest BCUT2D eigenvalue weighted by Gasteiger charge is -2.42. The van der Waals surface area contributed by atoms with E-state index in [4.69, 9.17) is 21.1 Å². The molecule has 1 amide bonds. The molecule has 6 heteroatoms. The smallest absolute Gasteiger partial charge is 0.410 e. The summed E-state index contributed by atoms with van der Waals surface area (Å²) in [7, 11) is 0. The van der Waals surface area contributed by atoms with E-state index >= 15 is 0 Å². The Labute approximate surface area is 130 Å². The maximum absolute atomic E-state index is 12.4. The molecule has 120 valence electrons. The highest BCUT2D eigenvalue weighted by atomic mass is 35.5. The van der Waals surface area contributed by atoms with Crippen LogP contribution < -0.4 is 0 Å². The zero-order valence-corrected chi connectivity index (χ0v) is 13.9. The highest BCUT2D eigenvalue weighted by molar-refractivity contribution is 6.17. The molecule has 0 aliphatic carbocycles. The van der Waals surface area contributed by atoms with E-state index in [2.05, 4.69) is 0 Å². The molecule has 0 N–H and O–H groups in total. The Kier molecular flexibility index (Phi) is 4.71. The fourth-order valence-corrected chi connectivity index (χ4v) is 3.61. The molecule has 0 radical (unpaired) electrons. The van der Waals surface area contributed by atoms with Crippen molar-refractivity contribution >= 4 is 23.7 Å². The number of rotatable bonds is 2. The van der Waals surface area contributed by atoms with Crippen molar-refractivity contribution < 1.29 is 19.1 Å². The van der Waals surface area contributed by atoms with Crippen LogP contribution in [0.5, 0.6) is 0 Å². The molecule has 2 fully saturated rings. The number of carbonyl (C=O) groups is 2. The van der Waals surface area contributed by atoms with Gasteiger partial charge in [-0.3, -0.25) is 4.79 Å². The molecule has 21 heavy (non-hydrogen) atoms. The Morgan fingerprint density at radius 2 is 1.95 bits per heavy atom. The van der Waals surface area contributed by atoms with Crippen LogP contribution in [0.15, 0.2) is 0 Å². The van der Waals surface area contributed by atoms with Gasteiger partial charge in [0, 0.05) is 12.1 Å². The third-order valence-corrected chi connectivity index (χ3v) is 4.53. The molecule has 0 saturated carbocycles. The number of nitrogens with zero attached hydrogens (tertiary/aromatic N) is 1. The topological polar surface area (TPSA) is 55.8 Å². The van der Waals surface area contributed by atoms with Crippen LogP contribution in [0.2, 0.25) is 0 Å². The number of amides is 1. The standard InChI is InChI=1S/C15H24ClNO4/c1-9-11(13(18)20-8-16)7-10-5-6-12(9)17(10)14(19)21-15(2,3)4/h9-12H,5-8H2,1-4H3. The molecule has 0 aromatic heterocycles. The lowest BCUT2D eigenvalue weighted by atomic mass is 9.81. The van der Waals surface area contributed by atoms with Crippen molar-refractivity contribution in [2.75, 3.05) is 6.07 Å². The van der Waals surface area contributed by atoms with Crippen molar-refractivity contribution in [3.05, 3.63) is 0 Å². The summed E-state index contributed by atoms with van der Waals surface area (Å²) in [5.74, 6) is -0.370. The molecule has 2 heterocycles. The molecule has 4 unspecified atom stereocenters. The number of carbonyl (C=O) groups excluding carboxylic acids is 2. The molecule has 2 saturated heterocycles. The summed E-state index contributed by atoms with van der Waals surface area (Å²) >= 11 is 5.48. The quantitative estimate of drug-likeness (QED) is 0.580. The minimum atomic E-state index is -0.506. The molecular weight excluding hydrogens is 294 g/mol. The number of ether oxygens (including phenoxy) is 2. The second kappa shape index (κ2) is 6.03. The molecule has 5 nitrogen and oxygen atoms in total. The van der Waals surface area contributed by atoms with Gasteiger partial charge in [-0.2, -0.15) is 0 Å². The molecule has 2 aliphatic heterocycles. The number of esters is 1. The van der Waals surface area contributed by atoms with Crippen LogP contribution in [0.1, 0.15) is 47.0 Å². The van der Waals surface area contributed by atoms with Gasteiger partial charge in [-0.1, -0.05) is 18.5 Å². The minimum Gasteiger partial charge on any atom is -0.449 e. The first-order valence-electron chi connectivity index (χ1n) is 7.48. The zero-order valence-electron chi connectivity index (χ0n) is 13.1. The lowest BCUT2D eigenvalue weighted by molar-refractivity contribution is -0.151. The van der Waals surface area contributed by atoms with Crippen LogP contribution in [0, 0.1) is 11.8 Å². The van der Waals surface area contributed by atoms with Gasteiger partial charge in [0.25, 0.3) is 0 Å². The number of piperidine rings is 1. The Balaban J connectivity index is 2.10. The molecule has 0 spiro atoms. The summed E-state index contributed by atoms with van der Waals surface area (Å²) in [5.41, 5.74) is -0.506. The van der Waals surface area contributed by atoms with Crippen LogP contribution in [-0.2, 0) is 14.3 Å². The van der Waals surface area contributed by atoms with E-state index in [1.807, 2.05) is 32.6 Å². The van der Waals surface area contributed by atoms with E-state index in [0.717, 1.165) is 12.8 Å². The SMILES string of the molecule is CC1C(C(=O)OCCl)CC2CCC1N2C(=O)OC(C)(C)C. The van der Waals surface area contributed by atoms with Gasteiger partial charge >= 0.3 is 12.1 Å². The first-order chi connectivity index (χ1) is 9.74. The van der Waals surface area contributed by atoms with E-state index in [1.165, 1.54) is 0 Å². The summed E-state index contributed by atoms with van der Waals surface area (Å²) in [5, 5.41) is 0. The monoisotopic (exact) mass is 317 g/mol. The minimum absolute atomic E-state index is 0.0477. The Morgan fingerprint density at radius 3 is 2.52 bits per heavy atom. The third-order valence-electron chi connectivity index (χ3n) is 4.42. The average molecular weight is 318 g/mol. The summed E-state index contributed by atoms with van der Waals surface area (Å²) in [4.78, 5) is 26.2. The van der Waals surface area contributed by atoms with E-state index in [1.54, 1.807) is 0 Å². The fraction of sp³-hybridized carbons (Fsp3) is 0.867. The predicted octanol–water partition coefficient (Wildman–Crippen LogP) is 3.15. The second-order valence-electron chi connectivity index (χ2n) is 6.96.